The Hall–Kier alpha value is -3.45. The molecule has 0 bridgehead atoms. The number of hydrogen-bond acceptors (Lipinski definition) is 6. The predicted octanol–water partition coefficient (Wildman–Crippen LogP) is 4.62. The molecule has 150 valence electrons. The number of fused-ring (bicyclic) bond motifs is 2. The molecule has 0 saturated carbocycles. The van der Waals surface area contributed by atoms with Gasteiger partial charge < -0.3 is 14.8 Å². The number of ether oxygens (including phenoxy) is 2. The summed E-state index contributed by atoms with van der Waals surface area (Å²) in [7, 11) is 1.61. The molecule has 1 aliphatic rings. The topological polar surface area (TPSA) is 73.3 Å². The van der Waals surface area contributed by atoms with Crippen molar-refractivity contribution >= 4 is 27.5 Å². The number of thiazole rings is 1. The third kappa shape index (κ3) is 3.48. The third-order valence-corrected chi connectivity index (χ3v) is 6.18. The van der Waals surface area contributed by atoms with Crippen molar-refractivity contribution in [3.05, 3.63) is 72.1 Å². The van der Waals surface area contributed by atoms with Gasteiger partial charge in [0.25, 0.3) is 5.91 Å². The van der Waals surface area contributed by atoms with E-state index in [1.807, 2.05) is 48.5 Å². The lowest BCUT2D eigenvalue weighted by atomic mass is 10.00. The van der Waals surface area contributed by atoms with E-state index in [2.05, 4.69) is 15.3 Å². The predicted molar refractivity (Wildman–Crippen MR) is 116 cm³/mol. The second-order valence-corrected chi connectivity index (χ2v) is 8.05. The first-order chi connectivity index (χ1) is 14.7. The lowest BCUT2D eigenvalue weighted by Crippen LogP contribution is -2.32. The summed E-state index contributed by atoms with van der Waals surface area (Å²) < 4.78 is 11.9. The maximum absolute atomic E-state index is 12.9. The number of amides is 1. The molecule has 3 heterocycles. The summed E-state index contributed by atoms with van der Waals surface area (Å²) in [4.78, 5) is 21.8. The van der Waals surface area contributed by atoms with Gasteiger partial charge in [-0.15, -0.1) is 11.3 Å². The summed E-state index contributed by atoms with van der Waals surface area (Å²) in [5.74, 6) is 1.42. The smallest absolute Gasteiger partial charge is 0.251 e. The van der Waals surface area contributed by atoms with Crippen LogP contribution in [0.3, 0.4) is 0 Å². The number of hydrogen-bond donors (Lipinski definition) is 1. The van der Waals surface area contributed by atoms with E-state index in [-0.39, 0.29) is 11.9 Å². The molecule has 1 N–H and O–H groups in total. The van der Waals surface area contributed by atoms with Gasteiger partial charge in [-0.3, -0.25) is 9.78 Å². The van der Waals surface area contributed by atoms with E-state index in [1.165, 1.54) is 11.3 Å². The first-order valence-corrected chi connectivity index (χ1v) is 10.5. The molecule has 0 spiro atoms. The van der Waals surface area contributed by atoms with Crippen molar-refractivity contribution < 1.29 is 14.3 Å². The van der Waals surface area contributed by atoms with E-state index in [0.29, 0.717) is 17.9 Å². The van der Waals surface area contributed by atoms with E-state index in [0.717, 1.165) is 38.5 Å². The molecule has 0 radical (unpaired) electrons. The average molecular weight is 417 g/mol. The second-order valence-electron chi connectivity index (χ2n) is 7.02. The average Bonchev–Trinajstić information content (AvgIpc) is 3.23. The molecule has 0 saturated heterocycles. The zero-order chi connectivity index (χ0) is 20.5. The maximum Gasteiger partial charge on any atom is 0.251 e. The van der Waals surface area contributed by atoms with Gasteiger partial charge in [-0.25, -0.2) is 4.98 Å². The van der Waals surface area contributed by atoms with Gasteiger partial charge in [-0.2, -0.15) is 0 Å². The Labute approximate surface area is 177 Å². The second kappa shape index (κ2) is 7.76. The highest BCUT2D eigenvalue weighted by molar-refractivity contribution is 7.21. The number of nitrogens with one attached hydrogen (secondary N) is 1. The third-order valence-electron chi connectivity index (χ3n) is 5.11. The zero-order valence-electron chi connectivity index (χ0n) is 16.3. The minimum atomic E-state index is -0.100. The standard InChI is InChI=1S/C23H19N3O3S/c1-28-16-10-15(12-24-13-16)23-26-19-7-6-14(11-21(19)30-23)22(27)25-18-8-9-29-20-5-3-2-4-17(18)20/h2-7,10-13,18H,8-9H2,1H3,(H,25,27)/t18-/m0/s1. The quantitative estimate of drug-likeness (QED) is 0.524. The van der Waals surface area contributed by atoms with Gasteiger partial charge in [0.1, 0.15) is 16.5 Å². The highest BCUT2D eigenvalue weighted by atomic mass is 32.1. The minimum absolute atomic E-state index is 0.0574. The van der Waals surface area contributed by atoms with Crippen LogP contribution < -0.4 is 14.8 Å². The van der Waals surface area contributed by atoms with Crippen LogP contribution in [0, 0.1) is 0 Å². The number of para-hydroxylation sites is 1. The van der Waals surface area contributed by atoms with Crippen LogP contribution >= 0.6 is 11.3 Å². The molecule has 4 aromatic rings. The molecule has 2 aromatic heterocycles. The fourth-order valence-electron chi connectivity index (χ4n) is 3.57. The van der Waals surface area contributed by atoms with Gasteiger partial charge in [-0.1, -0.05) is 18.2 Å². The summed E-state index contributed by atoms with van der Waals surface area (Å²) in [5, 5.41) is 3.99. The highest BCUT2D eigenvalue weighted by Gasteiger charge is 2.23. The van der Waals surface area contributed by atoms with Crippen molar-refractivity contribution in [2.75, 3.05) is 13.7 Å². The lowest BCUT2D eigenvalue weighted by Gasteiger charge is -2.26. The summed E-state index contributed by atoms with van der Waals surface area (Å²) in [6, 6.07) is 15.3. The zero-order valence-corrected chi connectivity index (χ0v) is 17.1. The van der Waals surface area contributed by atoms with Gasteiger partial charge in [0, 0.05) is 29.3 Å². The first-order valence-electron chi connectivity index (χ1n) is 9.64. The van der Waals surface area contributed by atoms with Crippen molar-refractivity contribution in [2.45, 2.75) is 12.5 Å². The molecular formula is C23H19N3O3S. The Morgan fingerprint density at radius 2 is 2.10 bits per heavy atom. The van der Waals surface area contributed by atoms with Crippen LogP contribution in [-0.4, -0.2) is 29.6 Å². The summed E-state index contributed by atoms with van der Waals surface area (Å²) in [6.45, 7) is 0.591. The monoisotopic (exact) mass is 417 g/mol. The van der Waals surface area contributed by atoms with Gasteiger partial charge in [0.2, 0.25) is 0 Å². The molecule has 0 unspecified atom stereocenters. The van der Waals surface area contributed by atoms with Crippen LogP contribution in [0.5, 0.6) is 11.5 Å². The van der Waals surface area contributed by atoms with Crippen LogP contribution in [0.4, 0.5) is 0 Å². The van der Waals surface area contributed by atoms with Gasteiger partial charge in [-0.05, 0) is 30.3 Å². The van der Waals surface area contributed by atoms with Crippen molar-refractivity contribution in [2.24, 2.45) is 0 Å². The van der Waals surface area contributed by atoms with Crippen LogP contribution in [0.25, 0.3) is 20.8 Å². The summed E-state index contributed by atoms with van der Waals surface area (Å²) in [6.07, 6.45) is 4.17. The van der Waals surface area contributed by atoms with Crippen molar-refractivity contribution in [1.82, 2.24) is 15.3 Å². The first kappa shape index (κ1) is 18.6. The maximum atomic E-state index is 12.9. The number of carbonyl (C=O) groups is 1. The number of pyridine rings is 1. The molecule has 6 nitrogen and oxygen atoms in total. The van der Waals surface area contributed by atoms with Crippen LogP contribution in [0.1, 0.15) is 28.4 Å². The number of benzene rings is 2. The molecule has 1 atom stereocenters. The van der Waals surface area contributed by atoms with Crippen LogP contribution in [-0.2, 0) is 0 Å². The highest BCUT2D eigenvalue weighted by Crippen LogP contribution is 2.33. The molecule has 1 aliphatic heterocycles. The van der Waals surface area contributed by atoms with Gasteiger partial charge >= 0.3 is 0 Å². The fraction of sp³-hybridized carbons (Fsp3) is 0.174. The molecule has 2 aromatic carbocycles. The Kier molecular flexibility index (Phi) is 4.80. The minimum Gasteiger partial charge on any atom is -0.495 e. The number of methoxy groups -OCH3 is 1. The molecule has 0 aliphatic carbocycles. The molecular weight excluding hydrogens is 398 g/mol. The number of aromatic nitrogens is 2. The van der Waals surface area contributed by atoms with Gasteiger partial charge in [0.15, 0.2) is 0 Å². The molecule has 5 rings (SSSR count). The van der Waals surface area contributed by atoms with Crippen molar-refractivity contribution in [3.8, 4) is 22.1 Å². The normalized spacial score (nSPS) is 15.3. The Balaban J connectivity index is 1.41. The molecule has 1 amide bonds. The summed E-state index contributed by atoms with van der Waals surface area (Å²) in [5.41, 5.74) is 3.38. The van der Waals surface area contributed by atoms with E-state index < -0.39 is 0 Å². The van der Waals surface area contributed by atoms with Crippen LogP contribution in [0.2, 0.25) is 0 Å². The Morgan fingerprint density at radius 1 is 1.20 bits per heavy atom. The van der Waals surface area contributed by atoms with E-state index in [1.54, 1.807) is 19.5 Å². The fourth-order valence-corrected chi connectivity index (χ4v) is 4.56. The number of carbonyl (C=O) groups excluding carboxylic acids is 1. The van der Waals surface area contributed by atoms with Crippen molar-refractivity contribution in [1.29, 1.82) is 0 Å². The number of rotatable bonds is 4. The molecule has 7 heteroatoms. The van der Waals surface area contributed by atoms with E-state index in [9.17, 15) is 4.79 Å². The molecule has 0 fully saturated rings. The van der Waals surface area contributed by atoms with E-state index in [4.69, 9.17) is 9.47 Å². The Morgan fingerprint density at radius 3 is 3.00 bits per heavy atom. The summed E-state index contributed by atoms with van der Waals surface area (Å²) >= 11 is 1.53. The SMILES string of the molecule is COc1cncc(-c2nc3ccc(C(=O)N[C@H]4CCOc5ccccc54)cc3s2)c1. The Bertz CT molecular complexity index is 1240. The van der Waals surface area contributed by atoms with Gasteiger partial charge in [0.05, 0.1) is 36.2 Å². The largest absolute Gasteiger partial charge is 0.495 e. The van der Waals surface area contributed by atoms with Crippen LogP contribution in [0.15, 0.2) is 60.9 Å². The molecule has 30 heavy (non-hydrogen) atoms. The van der Waals surface area contributed by atoms with Crippen molar-refractivity contribution in [3.63, 3.8) is 0 Å². The lowest BCUT2D eigenvalue weighted by molar-refractivity contribution is 0.0925. The number of nitrogens with zero attached hydrogens (tertiary/aromatic N) is 2. The van der Waals surface area contributed by atoms with E-state index >= 15 is 0 Å².